The normalized spacial score (nSPS) is 16.5. The molecule has 0 unspecified atom stereocenters. The Morgan fingerprint density at radius 3 is 2.40 bits per heavy atom. The van der Waals surface area contributed by atoms with Gasteiger partial charge >= 0.3 is 0 Å². The third kappa shape index (κ3) is 4.57. The van der Waals surface area contributed by atoms with Crippen LogP contribution in [0.4, 0.5) is 4.39 Å². The Morgan fingerprint density at radius 1 is 1.08 bits per heavy atom. The first-order chi connectivity index (χ1) is 12.1. The molecule has 1 heterocycles. The Morgan fingerprint density at radius 2 is 1.72 bits per heavy atom. The molecule has 1 N–H and O–H groups in total. The van der Waals surface area contributed by atoms with Gasteiger partial charge in [0.1, 0.15) is 23.8 Å². The van der Waals surface area contributed by atoms with Crippen LogP contribution >= 0.6 is 0 Å². The van der Waals surface area contributed by atoms with Crippen molar-refractivity contribution in [2.75, 3.05) is 19.7 Å². The first-order valence-electron chi connectivity index (χ1n) is 8.47. The number of likely N-dealkylation sites (tertiary alicyclic amines) is 1. The molecule has 0 bridgehead atoms. The number of hydrogen-bond acceptors (Lipinski definition) is 3. The number of carbonyl (C=O) groups excluding carboxylic acids is 1. The summed E-state index contributed by atoms with van der Waals surface area (Å²) in [7, 11) is 0. The minimum atomic E-state index is -0.940. The van der Waals surface area contributed by atoms with Crippen LogP contribution in [0.15, 0.2) is 54.6 Å². The third-order valence-electron chi connectivity index (χ3n) is 4.60. The number of aliphatic hydroxyl groups is 1. The molecule has 1 saturated heterocycles. The van der Waals surface area contributed by atoms with Crippen LogP contribution in [-0.4, -0.2) is 41.2 Å². The van der Waals surface area contributed by atoms with Gasteiger partial charge in [-0.25, -0.2) is 4.39 Å². The lowest BCUT2D eigenvalue weighted by atomic mass is 9.92. The average molecular weight is 343 g/mol. The van der Waals surface area contributed by atoms with Crippen molar-refractivity contribution in [1.29, 1.82) is 0 Å². The number of amides is 1. The molecule has 3 rings (SSSR count). The number of para-hydroxylation sites is 1. The summed E-state index contributed by atoms with van der Waals surface area (Å²) < 4.78 is 19.3. The molecule has 5 heteroatoms. The predicted molar refractivity (Wildman–Crippen MR) is 92.8 cm³/mol. The van der Waals surface area contributed by atoms with E-state index in [4.69, 9.17) is 4.74 Å². The molecule has 1 fully saturated rings. The van der Waals surface area contributed by atoms with Gasteiger partial charge in [-0.1, -0.05) is 36.4 Å². The zero-order valence-corrected chi connectivity index (χ0v) is 14.0. The molecule has 0 radical (unpaired) electrons. The summed E-state index contributed by atoms with van der Waals surface area (Å²) >= 11 is 0. The Labute approximate surface area is 146 Å². The highest BCUT2D eigenvalue weighted by Crippen LogP contribution is 2.24. The number of carbonyl (C=O) groups is 1. The second-order valence-electron chi connectivity index (χ2n) is 6.48. The van der Waals surface area contributed by atoms with Crippen LogP contribution in [0.3, 0.4) is 0 Å². The summed E-state index contributed by atoms with van der Waals surface area (Å²) in [5.41, 5.74) is -0.536. The summed E-state index contributed by atoms with van der Waals surface area (Å²) in [4.78, 5) is 14.0. The first-order valence-corrected chi connectivity index (χ1v) is 8.47. The average Bonchev–Trinajstić information content (AvgIpc) is 2.63. The molecular weight excluding hydrogens is 321 g/mol. The molecule has 0 saturated carbocycles. The molecule has 1 amide bonds. The minimum absolute atomic E-state index is 0.0472. The number of benzene rings is 2. The van der Waals surface area contributed by atoms with E-state index in [0.29, 0.717) is 37.2 Å². The fourth-order valence-corrected chi connectivity index (χ4v) is 2.97. The molecule has 4 nitrogen and oxygen atoms in total. The van der Waals surface area contributed by atoms with Crippen molar-refractivity contribution in [3.63, 3.8) is 0 Å². The van der Waals surface area contributed by atoms with E-state index in [-0.39, 0.29) is 24.8 Å². The Balaban J connectivity index is 1.50. The molecule has 132 valence electrons. The quantitative estimate of drug-likeness (QED) is 0.908. The van der Waals surface area contributed by atoms with Crippen molar-refractivity contribution in [2.45, 2.75) is 24.9 Å². The lowest BCUT2D eigenvalue weighted by Gasteiger charge is -2.38. The van der Waals surface area contributed by atoms with Gasteiger partial charge in [-0.05, 0) is 36.6 Å². The van der Waals surface area contributed by atoms with Crippen LogP contribution in [0.25, 0.3) is 0 Å². The zero-order chi connectivity index (χ0) is 17.7. The Kier molecular flexibility index (Phi) is 5.34. The summed E-state index contributed by atoms with van der Waals surface area (Å²) in [6.45, 7) is 1.09. The summed E-state index contributed by atoms with van der Waals surface area (Å²) in [5, 5.41) is 10.6. The number of rotatable bonds is 5. The van der Waals surface area contributed by atoms with Crippen molar-refractivity contribution in [3.05, 3.63) is 66.0 Å². The van der Waals surface area contributed by atoms with Crippen molar-refractivity contribution in [3.8, 4) is 5.75 Å². The lowest BCUT2D eigenvalue weighted by molar-refractivity contribution is -0.135. The molecule has 2 aromatic rings. The van der Waals surface area contributed by atoms with Gasteiger partial charge in [0.15, 0.2) is 0 Å². The second kappa shape index (κ2) is 7.66. The fraction of sp³-hybridized carbons (Fsp3) is 0.350. The van der Waals surface area contributed by atoms with Gasteiger partial charge in [0, 0.05) is 13.1 Å². The predicted octanol–water partition coefficient (Wildman–Crippen LogP) is 2.80. The van der Waals surface area contributed by atoms with E-state index in [1.54, 1.807) is 23.1 Å². The maximum Gasteiger partial charge on any atom is 0.227 e. The van der Waals surface area contributed by atoms with Crippen molar-refractivity contribution < 1.29 is 19.0 Å². The van der Waals surface area contributed by atoms with Gasteiger partial charge in [0.25, 0.3) is 0 Å². The SMILES string of the molecule is O=C(Cc1ccccc1F)N1CCC(O)(COc2ccccc2)CC1. The first kappa shape index (κ1) is 17.4. The highest BCUT2D eigenvalue weighted by atomic mass is 19.1. The minimum Gasteiger partial charge on any atom is -0.491 e. The van der Waals surface area contributed by atoms with E-state index in [1.165, 1.54) is 6.07 Å². The van der Waals surface area contributed by atoms with Crippen molar-refractivity contribution in [2.24, 2.45) is 0 Å². The standard InChI is InChI=1S/C20H22FNO3/c21-18-9-5-4-6-16(18)14-19(23)22-12-10-20(24,11-13-22)15-25-17-7-2-1-3-8-17/h1-9,24H,10-15H2. The van der Waals surface area contributed by atoms with Crippen LogP contribution in [0.2, 0.25) is 0 Å². The number of nitrogens with zero attached hydrogens (tertiary/aromatic N) is 1. The number of halogens is 1. The van der Waals surface area contributed by atoms with Crippen LogP contribution in [0, 0.1) is 5.82 Å². The maximum atomic E-state index is 13.7. The van der Waals surface area contributed by atoms with Crippen LogP contribution < -0.4 is 4.74 Å². The van der Waals surface area contributed by atoms with Gasteiger partial charge in [0.05, 0.1) is 6.42 Å². The van der Waals surface area contributed by atoms with E-state index in [0.717, 1.165) is 0 Å². The maximum absolute atomic E-state index is 13.7. The molecule has 0 aromatic heterocycles. The van der Waals surface area contributed by atoms with E-state index in [2.05, 4.69) is 0 Å². The Bertz CT molecular complexity index is 712. The van der Waals surface area contributed by atoms with E-state index in [9.17, 15) is 14.3 Å². The van der Waals surface area contributed by atoms with Crippen molar-refractivity contribution >= 4 is 5.91 Å². The molecule has 0 atom stereocenters. The summed E-state index contributed by atoms with van der Waals surface area (Å²) in [5.74, 6) is 0.241. The highest BCUT2D eigenvalue weighted by molar-refractivity contribution is 5.79. The summed E-state index contributed by atoms with van der Waals surface area (Å²) in [6.07, 6.45) is 0.942. The molecular formula is C20H22FNO3. The van der Waals surface area contributed by atoms with Gasteiger partial charge < -0.3 is 14.7 Å². The monoisotopic (exact) mass is 343 g/mol. The zero-order valence-electron chi connectivity index (χ0n) is 14.0. The molecule has 25 heavy (non-hydrogen) atoms. The lowest BCUT2D eigenvalue weighted by Crippen LogP contribution is -2.49. The van der Waals surface area contributed by atoms with Crippen molar-refractivity contribution in [1.82, 2.24) is 4.90 Å². The van der Waals surface area contributed by atoms with Crippen LogP contribution in [0.1, 0.15) is 18.4 Å². The van der Waals surface area contributed by atoms with E-state index >= 15 is 0 Å². The topological polar surface area (TPSA) is 49.8 Å². The highest BCUT2D eigenvalue weighted by Gasteiger charge is 2.34. The molecule has 0 spiro atoms. The molecule has 1 aliphatic heterocycles. The Hall–Kier alpha value is -2.40. The smallest absolute Gasteiger partial charge is 0.227 e. The van der Waals surface area contributed by atoms with E-state index in [1.807, 2.05) is 30.3 Å². The number of piperidine rings is 1. The molecule has 2 aromatic carbocycles. The number of ether oxygens (including phenoxy) is 1. The summed E-state index contributed by atoms with van der Waals surface area (Å²) in [6, 6.07) is 15.7. The third-order valence-corrected chi connectivity index (χ3v) is 4.60. The largest absolute Gasteiger partial charge is 0.491 e. The van der Waals surface area contributed by atoms with Gasteiger partial charge in [-0.2, -0.15) is 0 Å². The van der Waals surface area contributed by atoms with Crippen LogP contribution in [0.5, 0.6) is 5.75 Å². The second-order valence-corrected chi connectivity index (χ2v) is 6.48. The van der Waals surface area contributed by atoms with E-state index < -0.39 is 5.60 Å². The fourth-order valence-electron chi connectivity index (χ4n) is 2.97. The van der Waals surface area contributed by atoms with Crippen LogP contribution in [-0.2, 0) is 11.2 Å². The van der Waals surface area contributed by atoms with Gasteiger partial charge in [-0.15, -0.1) is 0 Å². The van der Waals surface area contributed by atoms with Gasteiger partial charge in [-0.3, -0.25) is 4.79 Å². The molecule has 0 aliphatic carbocycles. The van der Waals surface area contributed by atoms with Gasteiger partial charge in [0.2, 0.25) is 5.91 Å². The molecule has 1 aliphatic rings. The number of hydrogen-bond donors (Lipinski definition) is 1.